The minimum atomic E-state index is 0.406. The van der Waals surface area contributed by atoms with E-state index in [1.165, 1.54) is 0 Å². The van der Waals surface area contributed by atoms with Crippen molar-refractivity contribution in [3.8, 4) is 22.5 Å². The van der Waals surface area contributed by atoms with Gasteiger partial charge in [-0.05, 0) is 36.2 Å². The van der Waals surface area contributed by atoms with Gasteiger partial charge >= 0.3 is 0 Å². The van der Waals surface area contributed by atoms with Gasteiger partial charge in [0.2, 0.25) is 0 Å². The van der Waals surface area contributed by atoms with Crippen LogP contribution in [0.4, 0.5) is 5.82 Å². The van der Waals surface area contributed by atoms with Crippen LogP contribution in [0.3, 0.4) is 0 Å². The molecule has 0 spiro atoms. The number of halogens is 1. The molecule has 0 radical (unpaired) electrons. The third kappa shape index (κ3) is 2.34. The Balaban J connectivity index is 2.21. The molecule has 3 aromatic rings. The summed E-state index contributed by atoms with van der Waals surface area (Å²) in [5.74, 6) is 1.10. The first-order valence-electron chi connectivity index (χ1n) is 6.23. The molecule has 0 saturated carbocycles. The van der Waals surface area contributed by atoms with Crippen molar-refractivity contribution < 1.29 is 4.52 Å². The zero-order valence-electron chi connectivity index (χ0n) is 10.9. The Bertz CT molecular complexity index is 730. The van der Waals surface area contributed by atoms with Crippen molar-refractivity contribution in [3.05, 3.63) is 58.6 Å². The van der Waals surface area contributed by atoms with Gasteiger partial charge < -0.3 is 10.3 Å². The molecule has 1 aromatic heterocycles. The number of hydrogen-bond donors (Lipinski definition) is 1. The van der Waals surface area contributed by atoms with Crippen molar-refractivity contribution in [1.29, 1.82) is 0 Å². The summed E-state index contributed by atoms with van der Waals surface area (Å²) in [7, 11) is 0. The van der Waals surface area contributed by atoms with E-state index in [1.807, 2.05) is 49.4 Å². The number of aryl methyl sites for hydroxylation is 1. The first kappa shape index (κ1) is 12.9. The number of rotatable bonds is 2. The summed E-state index contributed by atoms with van der Waals surface area (Å²) in [5.41, 5.74) is 9.91. The van der Waals surface area contributed by atoms with Crippen LogP contribution in [0.25, 0.3) is 22.5 Å². The Morgan fingerprint density at radius 2 is 1.80 bits per heavy atom. The Morgan fingerprint density at radius 1 is 1.05 bits per heavy atom. The third-order valence-electron chi connectivity index (χ3n) is 3.09. The zero-order valence-corrected chi connectivity index (χ0v) is 12.5. The maximum absolute atomic E-state index is 5.97. The molecule has 0 bridgehead atoms. The molecule has 100 valence electrons. The summed E-state index contributed by atoms with van der Waals surface area (Å²) in [4.78, 5) is 0. The van der Waals surface area contributed by atoms with E-state index in [9.17, 15) is 0 Å². The van der Waals surface area contributed by atoms with E-state index in [0.717, 1.165) is 26.7 Å². The molecule has 4 heteroatoms. The van der Waals surface area contributed by atoms with Crippen molar-refractivity contribution in [3.63, 3.8) is 0 Å². The van der Waals surface area contributed by atoms with Gasteiger partial charge in [-0.25, -0.2) is 0 Å². The molecular weight excluding hydrogens is 316 g/mol. The molecule has 0 aliphatic heterocycles. The summed E-state index contributed by atoms with van der Waals surface area (Å²) in [6, 6.07) is 16.0. The van der Waals surface area contributed by atoms with E-state index in [1.54, 1.807) is 0 Å². The molecule has 0 aliphatic rings. The lowest BCUT2D eigenvalue weighted by atomic mass is 10.0. The monoisotopic (exact) mass is 328 g/mol. The van der Waals surface area contributed by atoms with Crippen molar-refractivity contribution in [1.82, 2.24) is 5.16 Å². The second-order valence-electron chi connectivity index (χ2n) is 4.66. The molecule has 3 nitrogen and oxygen atoms in total. The number of nitrogens with two attached hydrogens (primary N) is 1. The van der Waals surface area contributed by atoms with Gasteiger partial charge in [-0.3, -0.25) is 0 Å². The highest BCUT2D eigenvalue weighted by Gasteiger charge is 2.17. The molecule has 2 aromatic carbocycles. The standard InChI is InChI=1S/C16H13BrN2O/c1-10-7-12(9-13(17)8-10)15-14(16(18)19-20-15)11-5-3-2-4-6-11/h2-9H,1H3,(H2,18,19). The van der Waals surface area contributed by atoms with Gasteiger partial charge in [0, 0.05) is 10.0 Å². The molecule has 20 heavy (non-hydrogen) atoms. The number of nitrogens with zero attached hydrogens (tertiary/aromatic N) is 1. The smallest absolute Gasteiger partial charge is 0.176 e. The van der Waals surface area contributed by atoms with Gasteiger partial charge in [0.15, 0.2) is 11.6 Å². The van der Waals surface area contributed by atoms with Crippen LogP contribution in [0.5, 0.6) is 0 Å². The van der Waals surface area contributed by atoms with Gasteiger partial charge in [0.25, 0.3) is 0 Å². The van der Waals surface area contributed by atoms with Crippen LogP contribution in [0.2, 0.25) is 0 Å². The molecule has 0 aliphatic carbocycles. The first-order chi connectivity index (χ1) is 9.65. The number of hydrogen-bond acceptors (Lipinski definition) is 3. The predicted octanol–water partition coefficient (Wildman–Crippen LogP) is 4.66. The van der Waals surface area contributed by atoms with Gasteiger partial charge in [0.05, 0.1) is 5.56 Å². The van der Waals surface area contributed by atoms with E-state index in [0.29, 0.717) is 11.6 Å². The minimum absolute atomic E-state index is 0.406. The lowest BCUT2D eigenvalue weighted by molar-refractivity contribution is 0.436. The maximum Gasteiger partial charge on any atom is 0.176 e. The van der Waals surface area contributed by atoms with E-state index in [2.05, 4.69) is 27.2 Å². The van der Waals surface area contributed by atoms with E-state index in [-0.39, 0.29) is 0 Å². The quantitative estimate of drug-likeness (QED) is 0.744. The van der Waals surface area contributed by atoms with Gasteiger partial charge in [-0.1, -0.05) is 51.4 Å². The van der Waals surface area contributed by atoms with Crippen LogP contribution in [-0.2, 0) is 0 Å². The van der Waals surface area contributed by atoms with E-state index >= 15 is 0 Å². The van der Waals surface area contributed by atoms with Crippen LogP contribution in [-0.4, -0.2) is 5.16 Å². The first-order valence-corrected chi connectivity index (χ1v) is 7.02. The van der Waals surface area contributed by atoms with Crippen LogP contribution >= 0.6 is 15.9 Å². The van der Waals surface area contributed by atoms with E-state index < -0.39 is 0 Å². The molecule has 0 amide bonds. The molecule has 0 fully saturated rings. The van der Waals surface area contributed by atoms with Crippen molar-refractivity contribution in [2.45, 2.75) is 6.92 Å². The molecule has 0 saturated heterocycles. The highest BCUT2D eigenvalue weighted by atomic mass is 79.9. The van der Waals surface area contributed by atoms with Crippen molar-refractivity contribution in [2.75, 3.05) is 5.73 Å². The second kappa shape index (κ2) is 5.13. The topological polar surface area (TPSA) is 52.0 Å². The summed E-state index contributed by atoms with van der Waals surface area (Å²) in [5, 5.41) is 3.92. The normalized spacial score (nSPS) is 10.7. The molecule has 0 atom stereocenters. The predicted molar refractivity (Wildman–Crippen MR) is 84.2 cm³/mol. The average molecular weight is 329 g/mol. The van der Waals surface area contributed by atoms with Gasteiger partial charge in [-0.2, -0.15) is 0 Å². The zero-order chi connectivity index (χ0) is 14.1. The Labute approximate surface area is 125 Å². The van der Waals surface area contributed by atoms with Crippen molar-refractivity contribution in [2.24, 2.45) is 0 Å². The Hall–Kier alpha value is -2.07. The Morgan fingerprint density at radius 3 is 2.50 bits per heavy atom. The molecule has 1 heterocycles. The largest absolute Gasteiger partial charge is 0.380 e. The molecular formula is C16H13BrN2O. The average Bonchev–Trinajstić information content (AvgIpc) is 2.80. The van der Waals surface area contributed by atoms with Crippen LogP contribution < -0.4 is 5.73 Å². The second-order valence-corrected chi connectivity index (χ2v) is 5.57. The number of anilines is 1. The highest BCUT2D eigenvalue weighted by molar-refractivity contribution is 9.10. The highest BCUT2D eigenvalue weighted by Crippen LogP contribution is 2.37. The molecule has 2 N–H and O–H groups in total. The summed E-state index contributed by atoms with van der Waals surface area (Å²) < 4.78 is 6.45. The summed E-state index contributed by atoms with van der Waals surface area (Å²) >= 11 is 3.50. The molecule has 0 unspecified atom stereocenters. The van der Waals surface area contributed by atoms with Crippen LogP contribution in [0.1, 0.15) is 5.56 Å². The van der Waals surface area contributed by atoms with Crippen LogP contribution in [0.15, 0.2) is 57.5 Å². The maximum atomic E-state index is 5.97. The minimum Gasteiger partial charge on any atom is -0.380 e. The third-order valence-corrected chi connectivity index (χ3v) is 3.54. The lowest BCUT2D eigenvalue weighted by Gasteiger charge is -2.04. The number of aromatic nitrogens is 1. The van der Waals surface area contributed by atoms with Gasteiger partial charge in [-0.15, -0.1) is 0 Å². The summed E-state index contributed by atoms with van der Waals surface area (Å²) in [6.45, 7) is 2.04. The Kier molecular flexibility index (Phi) is 3.32. The number of benzene rings is 2. The summed E-state index contributed by atoms with van der Waals surface area (Å²) in [6.07, 6.45) is 0. The fraction of sp³-hybridized carbons (Fsp3) is 0.0625. The lowest BCUT2D eigenvalue weighted by Crippen LogP contribution is -1.89. The fourth-order valence-corrected chi connectivity index (χ4v) is 2.86. The van der Waals surface area contributed by atoms with Crippen molar-refractivity contribution >= 4 is 21.7 Å². The van der Waals surface area contributed by atoms with Crippen LogP contribution in [0, 0.1) is 6.92 Å². The van der Waals surface area contributed by atoms with Gasteiger partial charge in [0.1, 0.15) is 0 Å². The molecule has 3 rings (SSSR count). The van der Waals surface area contributed by atoms with E-state index in [4.69, 9.17) is 10.3 Å². The SMILES string of the molecule is Cc1cc(Br)cc(-c2onc(N)c2-c2ccccc2)c1. The number of nitrogen functional groups attached to an aromatic ring is 1. The fourth-order valence-electron chi connectivity index (χ4n) is 2.25.